The van der Waals surface area contributed by atoms with Gasteiger partial charge in [-0.2, -0.15) is 0 Å². The number of nitrogens with one attached hydrogen (secondary N) is 2. The Hall–Kier alpha value is -3.35. The molecule has 2 N–H and O–H groups in total. The Kier molecular flexibility index (Phi) is 3.89. The Balaban J connectivity index is 1.58. The van der Waals surface area contributed by atoms with E-state index in [2.05, 4.69) is 56.2 Å². The first-order valence-electron chi connectivity index (χ1n) is 11.4. The predicted molar refractivity (Wildman–Crippen MR) is 127 cm³/mol. The van der Waals surface area contributed by atoms with Crippen molar-refractivity contribution in [3.63, 3.8) is 0 Å². The molecule has 2 aromatic heterocycles. The summed E-state index contributed by atoms with van der Waals surface area (Å²) >= 11 is 0. The number of aromatic nitrogens is 2. The van der Waals surface area contributed by atoms with Crippen molar-refractivity contribution in [2.24, 2.45) is 0 Å². The second-order valence-corrected chi connectivity index (χ2v) is 8.80. The lowest BCUT2D eigenvalue weighted by Crippen LogP contribution is -2.38. The maximum atomic E-state index is 13.0. The first-order valence-corrected chi connectivity index (χ1v) is 11.4. The molecule has 1 fully saturated rings. The summed E-state index contributed by atoms with van der Waals surface area (Å²) in [6.07, 6.45) is 0. The van der Waals surface area contributed by atoms with Gasteiger partial charge in [-0.25, -0.2) is 0 Å². The Morgan fingerprint density at radius 1 is 0.906 bits per heavy atom. The summed E-state index contributed by atoms with van der Waals surface area (Å²) in [5.74, 6) is 0.0294. The van der Waals surface area contributed by atoms with Gasteiger partial charge in [-0.05, 0) is 17.7 Å². The van der Waals surface area contributed by atoms with Gasteiger partial charge in [-0.15, -0.1) is 0 Å². The molecule has 0 unspecified atom stereocenters. The van der Waals surface area contributed by atoms with Crippen LogP contribution in [0.1, 0.15) is 15.9 Å². The molecule has 2 aliphatic heterocycles. The molecular weight excluding hydrogens is 400 g/mol. The molecule has 4 heterocycles. The quantitative estimate of drug-likeness (QED) is 0.460. The fourth-order valence-electron chi connectivity index (χ4n) is 5.71. The molecule has 2 aliphatic rings. The van der Waals surface area contributed by atoms with Crippen LogP contribution in [-0.4, -0.2) is 53.2 Å². The van der Waals surface area contributed by atoms with Gasteiger partial charge in [-0.1, -0.05) is 36.4 Å². The third kappa shape index (κ3) is 2.45. The Morgan fingerprint density at radius 2 is 1.69 bits per heavy atom. The van der Waals surface area contributed by atoms with Gasteiger partial charge in [0.2, 0.25) is 0 Å². The molecule has 0 saturated carbocycles. The van der Waals surface area contributed by atoms with Crippen LogP contribution in [0.5, 0.6) is 0 Å². The van der Waals surface area contributed by atoms with E-state index < -0.39 is 0 Å². The van der Waals surface area contributed by atoms with Crippen molar-refractivity contribution in [1.29, 1.82) is 0 Å². The number of ether oxygens (including phenoxy) is 1. The van der Waals surface area contributed by atoms with E-state index in [0.717, 1.165) is 72.3 Å². The molecule has 32 heavy (non-hydrogen) atoms. The third-order valence-electron chi connectivity index (χ3n) is 7.16. The Labute approximate surface area is 184 Å². The molecule has 160 valence electrons. The van der Waals surface area contributed by atoms with Crippen LogP contribution < -0.4 is 5.32 Å². The van der Waals surface area contributed by atoms with Gasteiger partial charge in [0.25, 0.3) is 5.91 Å². The average Bonchev–Trinajstić information content (AvgIpc) is 3.50. The van der Waals surface area contributed by atoms with Gasteiger partial charge in [0.05, 0.1) is 29.8 Å². The normalized spacial score (nSPS) is 17.1. The van der Waals surface area contributed by atoms with E-state index in [0.29, 0.717) is 6.54 Å². The molecule has 0 radical (unpaired) electrons. The molecule has 7 rings (SSSR count). The predicted octanol–water partition coefficient (Wildman–Crippen LogP) is 4.00. The van der Waals surface area contributed by atoms with Crippen molar-refractivity contribution in [2.75, 3.05) is 32.8 Å². The smallest absolute Gasteiger partial charge is 0.252 e. The molecule has 6 nitrogen and oxygen atoms in total. The van der Waals surface area contributed by atoms with Gasteiger partial charge in [0.1, 0.15) is 0 Å². The number of aromatic amines is 1. The minimum atomic E-state index is 0.0294. The minimum absolute atomic E-state index is 0.0294. The maximum absolute atomic E-state index is 13.0. The van der Waals surface area contributed by atoms with E-state index in [1.54, 1.807) is 0 Å². The lowest BCUT2D eigenvalue weighted by Gasteiger charge is -2.27. The number of para-hydroxylation sites is 2. The fraction of sp³-hybridized carbons (Fsp3) is 0.269. The summed E-state index contributed by atoms with van der Waals surface area (Å²) in [4.78, 5) is 19.1. The van der Waals surface area contributed by atoms with Crippen molar-refractivity contribution in [1.82, 2.24) is 19.8 Å². The van der Waals surface area contributed by atoms with E-state index in [1.807, 2.05) is 12.1 Å². The van der Waals surface area contributed by atoms with Gasteiger partial charge < -0.3 is 19.6 Å². The van der Waals surface area contributed by atoms with Crippen LogP contribution in [0.2, 0.25) is 0 Å². The summed E-state index contributed by atoms with van der Waals surface area (Å²) < 4.78 is 8.00. The average molecular weight is 425 g/mol. The third-order valence-corrected chi connectivity index (χ3v) is 7.16. The molecule has 5 aromatic rings. The SMILES string of the molecule is O=C1NCc2c1c1c3ccccc3[nH]c1c1c2c2ccccc2n1CCN1CCOCC1. The lowest BCUT2D eigenvalue weighted by molar-refractivity contribution is 0.0367. The number of nitrogens with zero attached hydrogens (tertiary/aromatic N) is 2. The van der Waals surface area contributed by atoms with E-state index in [-0.39, 0.29) is 5.91 Å². The van der Waals surface area contributed by atoms with Crippen molar-refractivity contribution >= 4 is 49.5 Å². The zero-order valence-corrected chi connectivity index (χ0v) is 17.8. The van der Waals surface area contributed by atoms with Crippen molar-refractivity contribution < 1.29 is 9.53 Å². The summed E-state index contributed by atoms with van der Waals surface area (Å²) in [5.41, 5.74) is 6.53. The molecular formula is C26H24N4O2. The molecule has 0 aliphatic carbocycles. The van der Waals surface area contributed by atoms with Crippen LogP contribution >= 0.6 is 0 Å². The fourth-order valence-corrected chi connectivity index (χ4v) is 5.71. The molecule has 0 spiro atoms. The highest BCUT2D eigenvalue weighted by molar-refractivity contribution is 6.30. The highest BCUT2D eigenvalue weighted by Gasteiger charge is 2.30. The maximum Gasteiger partial charge on any atom is 0.252 e. The molecule has 1 saturated heterocycles. The monoisotopic (exact) mass is 424 g/mol. The standard InChI is InChI=1S/C26H24N4O2/c31-26-23-18(15-27-26)21-17-6-2-4-8-20(17)30(10-9-29-11-13-32-14-12-29)25(21)24-22(23)16-5-1-3-7-19(16)28-24/h1-8,28H,9-15H2,(H,27,31). The first kappa shape index (κ1) is 18.2. The van der Waals surface area contributed by atoms with Crippen LogP contribution in [0.15, 0.2) is 48.5 Å². The van der Waals surface area contributed by atoms with Crippen LogP contribution in [-0.2, 0) is 17.8 Å². The zero-order chi connectivity index (χ0) is 21.2. The highest BCUT2D eigenvalue weighted by Crippen LogP contribution is 2.43. The van der Waals surface area contributed by atoms with E-state index >= 15 is 0 Å². The number of hydrogen-bond acceptors (Lipinski definition) is 3. The van der Waals surface area contributed by atoms with Crippen LogP contribution in [0, 0.1) is 0 Å². The van der Waals surface area contributed by atoms with E-state index in [1.165, 1.54) is 21.8 Å². The largest absolute Gasteiger partial charge is 0.379 e. The summed E-state index contributed by atoms with van der Waals surface area (Å²) in [7, 11) is 0. The summed E-state index contributed by atoms with van der Waals surface area (Å²) in [5, 5.41) is 7.68. The number of rotatable bonds is 3. The molecule has 3 aromatic carbocycles. The number of fused-ring (bicyclic) bond motifs is 10. The van der Waals surface area contributed by atoms with Gasteiger partial charge >= 0.3 is 0 Å². The number of benzene rings is 3. The topological polar surface area (TPSA) is 62.3 Å². The van der Waals surface area contributed by atoms with Crippen molar-refractivity contribution in [2.45, 2.75) is 13.1 Å². The number of H-pyrrole nitrogens is 1. The number of carbonyl (C=O) groups is 1. The van der Waals surface area contributed by atoms with Crippen molar-refractivity contribution in [3.05, 3.63) is 59.7 Å². The molecule has 0 atom stereocenters. The van der Waals surface area contributed by atoms with E-state index in [9.17, 15) is 4.79 Å². The lowest BCUT2D eigenvalue weighted by atomic mass is 9.97. The highest BCUT2D eigenvalue weighted by atomic mass is 16.5. The Morgan fingerprint density at radius 3 is 2.56 bits per heavy atom. The first-order chi connectivity index (χ1) is 15.8. The van der Waals surface area contributed by atoms with Gasteiger partial charge in [0, 0.05) is 65.3 Å². The second kappa shape index (κ2) is 6.82. The number of morpholine rings is 1. The van der Waals surface area contributed by atoms with Crippen LogP contribution in [0.3, 0.4) is 0 Å². The Bertz CT molecular complexity index is 1540. The van der Waals surface area contributed by atoms with Gasteiger partial charge in [-0.3, -0.25) is 9.69 Å². The molecule has 6 heteroatoms. The van der Waals surface area contributed by atoms with Gasteiger partial charge in [0.15, 0.2) is 0 Å². The second-order valence-electron chi connectivity index (χ2n) is 8.80. The number of amides is 1. The number of carbonyl (C=O) groups excluding carboxylic acids is 1. The number of hydrogen-bond donors (Lipinski definition) is 2. The zero-order valence-electron chi connectivity index (χ0n) is 17.8. The summed E-state index contributed by atoms with van der Waals surface area (Å²) in [6, 6.07) is 16.9. The molecule has 1 amide bonds. The minimum Gasteiger partial charge on any atom is -0.379 e. The molecule has 0 bridgehead atoms. The van der Waals surface area contributed by atoms with E-state index in [4.69, 9.17) is 4.74 Å². The van der Waals surface area contributed by atoms with Crippen molar-refractivity contribution in [3.8, 4) is 0 Å². The van der Waals surface area contributed by atoms with Crippen LogP contribution in [0.25, 0.3) is 43.6 Å². The van der Waals surface area contributed by atoms with Crippen LogP contribution in [0.4, 0.5) is 0 Å². The summed E-state index contributed by atoms with van der Waals surface area (Å²) in [6.45, 7) is 6.03.